The van der Waals surface area contributed by atoms with Crippen LogP contribution in [0.25, 0.3) is 0 Å². The molecule has 0 N–H and O–H groups in total. The average Bonchev–Trinajstić information content (AvgIpc) is 2.52. The Balaban J connectivity index is 2.13. The predicted octanol–water partition coefficient (Wildman–Crippen LogP) is 3.08. The van der Waals surface area contributed by atoms with Crippen LogP contribution in [-0.2, 0) is 23.8 Å². The highest BCUT2D eigenvalue weighted by atomic mass is 16.7. The lowest BCUT2D eigenvalue weighted by atomic mass is 9.65. The Labute approximate surface area is 141 Å². The van der Waals surface area contributed by atoms with E-state index in [4.69, 9.17) is 14.2 Å². The molecule has 24 heavy (non-hydrogen) atoms. The highest BCUT2D eigenvalue weighted by molar-refractivity contribution is 6.03. The fourth-order valence-electron chi connectivity index (χ4n) is 3.51. The molecule has 2 aliphatic heterocycles. The number of carbonyl (C=O) groups is 2. The van der Waals surface area contributed by atoms with Gasteiger partial charge in [0.1, 0.15) is 6.10 Å². The molecule has 0 radical (unpaired) electrons. The van der Waals surface area contributed by atoms with Gasteiger partial charge in [0.05, 0.1) is 0 Å². The summed E-state index contributed by atoms with van der Waals surface area (Å²) < 4.78 is 16.8. The van der Waals surface area contributed by atoms with Crippen LogP contribution in [0.2, 0.25) is 0 Å². The topological polar surface area (TPSA) is 61.8 Å². The monoisotopic (exact) mass is 330 g/mol. The van der Waals surface area contributed by atoms with E-state index in [0.29, 0.717) is 13.0 Å². The van der Waals surface area contributed by atoms with Crippen molar-refractivity contribution in [3.8, 4) is 0 Å². The minimum atomic E-state index is -1.55. The molecule has 2 saturated heterocycles. The molecule has 128 valence electrons. The first-order chi connectivity index (χ1) is 11.3. The third-order valence-corrected chi connectivity index (χ3v) is 4.73. The zero-order valence-corrected chi connectivity index (χ0v) is 14.2. The minimum absolute atomic E-state index is 0.409. The van der Waals surface area contributed by atoms with Crippen LogP contribution in [0, 0.1) is 18.3 Å². The number of ether oxygens (including phenoxy) is 3. The summed E-state index contributed by atoms with van der Waals surface area (Å²) in [7, 11) is 0. The van der Waals surface area contributed by atoms with E-state index in [1.807, 2.05) is 31.2 Å². The normalized spacial score (nSPS) is 28.1. The smallest absolute Gasteiger partial charge is 0.330 e. The highest BCUT2D eigenvalue weighted by Crippen LogP contribution is 2.53. The number of cyclic esters (lactones) is 2. The molecule has 1 aromatic rings. The summed E-state index contributed by atoms with van der Waals surface area (Å²) in [6.45, 7) is 9.30. The van der Waals surface area contributed by atoms with Crippen molar-refractivity contribution in [3.63, 3.8) is 0 Å². The molecule has 0 aliphatic carbocycles. The summed E-state index contributed by atoms with van der Waals surface area (Å²) >= 11 is 0. The van der Waals surface area contributed by atoms with Crippen LogP contribution in [-0.4, -0.2) is 24.3 Å². The lowest BCUT2D eigenvalue weighted by Crippen LogP contribution is -2.61. The van der Waals surface area contributed by atoms with Gasteiger partial charge < -0.3 is 14.2 Å². The van der Waals surface area contributed by atoms with Crippen molar-refractivity contribution in [2.24, 2.45) is 11.3 Å². The van der Waals surface area contributed by atoms with Crippen molar-refractivity contribution in [1.82, 2.24) is 0 Å². The van der Waals surface area contributed by atoms with E-state index < -0.39 is 35.2 Å². The summed E-state index contributed by atoms with van der Waals surface area (Å²) in [5.41, 5.74) is 0.282. The maximum absolute atomic E-state index is 13.0. The Hall–Kier alpha value is -2.14. The standard InChI is InChI=1S/C19H22O5/c1-5-14-10-11-22-15(13-8-6-12(2)7-9-13)19(14)16(20)23-18(3,4)24-17(19)21/h5-9,14-15H,1,10-11H2,2-4H3. The van der Waals surface area contributed by atoms with E-state index in [1.165, 1.54) is 0 Å². The molecular weight excluding hydrogens is 308 g/mol. The first-order valence-corrected chi connectivity index (χ1v) is 8.09. The largest absolute Gasteiger partial charge is 0.422 e. The van der Waals surface area contributed by atoms with Crippen molar-refractivity contribution in [3.05, 3.63) is 48.0 Å². The molecule has 2 heterocycles. The van der Waals surface area contributed by atoms with Crippen LogP contribution >= 0.6 is 0 Å². The van der Waals surface area contributed by atoms with E-state index in [1.54, 1.807) is 19.9 Å². The number of aryl methyl sites for hydroxylation is 1. The number of esters is 2. The van der Waals surface area contributed by atoms with Crippen LogP contribution in [0.3, 0.4) is 0 Å². The van der Waals surface area contributed by atoms with Crippen molar-refractivity contribution in [1.29, 1.82) is 0 Å². The van der Waals surface area contributed by atoms with E-state index in [9.17, 15) is 9.59 Å². The van der Waals surface area contributed by atoms with Crippen LogP contribution in [0.1, 0.15) is 37.5 Å². The summed E-state index contributed by atoms with van der Waals surface area (Å²) in [6, 6.07) is 7.59. The van der Waals surface area contributed by atoms with Crippen molar-refractivity contribution in [2.45, 2.75) is 39.1 Å². The third kappa shape index (κ3) is 2.44. The molecule has 5 heteroatoms. The Bertz CT molecular complexity index is 654. The second-order valence-corrected chi connectivity index (χ2v) is 6.84. The van der Waals surface area contributed by atoms with Gasteiger partial charge in [-0.3, -0.25) is 9.59 Å². The maximum atomic E-state index is 13.0. The summed E-state index contributed by atoms with van der Waals surface area (Å²) in [4.78, 5) is 25.9. The number of carbonyl (C=O) groups excluding carboxylic acids is 2. The average molecular weight is 330 g/mol. The fourth-order valence-corrected chi connectivity index (χ4v) is 3.51. The number of hydrogen-bond donors (Lipinski definition) is 0. The molecule has 2 fully saturated rings. The van der Waals surface area contributed by atoms with E-state index in [-0.39, 0.29) is 0 Å². The van der Waals surface area contributed by atoms with Gasteiger partial charge in [-0.15, -0.1) is 6.58 Å². The van der Waals surface area contributed by atoms with Crippen LogP contribution < -0.4 is 0 Å². The van der Waals surface area contributed by atoms with Gasteiger partial charge in [-0.05, 0) is 18.9 Å². The molecule has 2 unspecified atom stereocenters. The van der Waals surface area contributed by atoms with Gasteiger partial charge in [-0.1, -0.05) is 35.9 Å². The van der Waals surface area contributed by atoms with Crippen molar-refractivity contribution >= 4 is 11.9 Å². The molecule has 0 aromatic heterocycles. The second kappa shape index (κ2) is 5.74. The molecule has 2 aliphatic rings. The zero-order chi connectivity index (χ0) is 17.5. The first kappa shape index (κ1) is 16.7. The van der Waals surface area contributed by atoms with Gasteiger partial charge in [0.2, 0.25) is 5.41 Å². The molecule has 0 saturated carbocycles. The van der Waals surface area contributed by atoms with Crippen LogP contribution in [0.15, 0.2) is 36.9 Å². The SMILES string of the molecule is C=CC1CCOC(c2ccc(C)cc2)C12C(=O)OC(C)(C)OC2=O. The lowest BCUT2D eigenvalue weighted by Gasteiger charge is -2.49. The molecule has 2 atom stereocenters. The van der Waals surface area contributed by atoms with Crippen LogP contribution in [0.5, 0.6) is 0 Å². The number of rotatable bonds is 2. The first-order valence-electron chi connectivity index (χ1n) is 8.09. The lowest BCUT2D eigenvalue weighted by molar-refractivity contribution is -0.270. The quantitative estimate of drug-likeness (QED) is 0.474. The minimum Gasteiger partial charge on any atom is -0.422 e. The Kier molecular flexibility index (Phi) is 4.00. The van der Waals surface area contributed by atoms with E-state index in [2.05, 4.69) is 6.58 Å². The number of allylic oxidation sites excluding steroid dienone is 1. The molecular formula is C19H22O5. The Morgan fingerprint density at radius 1 is 1.12 bits per heavy atom. The third-order valence-electron chi connectivity index (χ3n) is 4.73. The molecule has 5 nitrogen and oxygen atoms in total. The van der Waals surface area contributed by atoms with Gasteiger partial charge in [0.15, 0.2) is 0 Å². The van der Waals surface area contributed by atoms with Gasteiger partial charge >= 0.3 is 11.9 Å². The zero-order valence-electron chi connectivity index (χ0n) is 14.2. The van der Waals surface area contributed by atoms with Gasteiger partial charge in [0, 0.05) is 26.4 Å². The summed E-state index contributed by atoms with van der Waals surface area (Å²) in [6.07, 6.45) is 1.38. The second-order valence-electron chi connectivity index (χ2n) is 6.84. The summed E-state index contributed by atoms with van der Waals surface area (Å²) in [5, 5.41) is 0. The molecule has 3 rings (SSSR count). The number of hydrogen-bond acceptors (Lipinski definition) is 5. The Morgan fingerprint density at radius 3 is 2.25 bits per heavy atom. The predicted molar refractivity (Wildman–Crippen MR) is 86.9 cm³/mol. The van der Waals surface area contributed by atoms with Crippen molar-refractivity contribution in [2.75, 3.05) is 6.61 Å². The van der Waals surface area contributed by atoms with Gasteiger partial charge in [-0.2, -0.15) is 0 Å². The molecule has 1 spiro atoms. The van der Waals surface area contributed by atoms with Crippen LogP contribution in [0.4, 0.5) is 0 Å². The molecule has 1 aromatic carbocycles. The van der Waals surface area contributed by atoms with E-state index >= 15 is 0 Å². The van der Waals surface area contributed by atoms with Crippen molar-refractivity contribution < 1.29 is 23.8 Å². The van der Waals surface area contributed by atoms with E-state index in [0.717, 1.165) is 11.1 Å². The Morgan fingerprint density at radius 2 is 1.71 bits per heavy atom. The highest BCUT2D eigenvalue weighted by Gasteiger charge is 2.66. The molecule has 0 amide bonds. The number of benzene rings is 1. The fraction of sp³-hybridized carbons (Fsp3) is 0.474. The van der Waals surface area contributed by atoms with Gasteiger partial charge in [-0.25, -0.2) is 0 Å². The maximum Gasteiger partial charge on any atom is 0.330 e. The summed E-state index contributed by atoms with van der Waals surface area (Å²) in [5.74, 6) is -2.91. The van der Waals surface area contributed by atoms with Gasteiger partial charge in [0.25, 0.3) is 5.79 Å². The molecule has 0 bridgehead atoms.